The van der Waals surface area contributed by atoms with Crippen LogP contribution in [0.3, 0.4) is 0 Å². The van der Waals surface area contributed by atoms with E-state index in [1.807, 2.05) is 13.0 Å². The van der Waals surface area contributed by atoms with Crippen LogP contribution in [-0.4, -0.2) is 6.29 Å². The normalized spacial score (nSPS) is 15.0. The van der Waals surface area contributed by atoms with Crippen molar-refractivity contribution < 1.29 is 4.79 Å². The minimum Gasteiger partial charge on any atom is -0.303 e. The van der Waals surface area contributed by atoms with Crippen LogP contribution in [0.25, 0.3) is 0 Å². The maximum absolute atomic E-state index is 10.5. The summed E-state index contributed by atoms with van der Waals surface area (Å²) < 4.78 is 0. The molecule has 0 bridgehead atoms. The fourth-order valence-electron chi connectivity index (χ4n) is 2.24. The molecule has 0 rings (SSSR count). The molecular formula is C18H32O. The van der Waals surface area contributed by atoms with Crippen molar-refractivity contribution >= 4 is 6.29 Å². The molecule has 2 unspecified atom stereocenters. The Labute approximate surface area is 120 Å². The third-order valence-corrected chi connectivity index (χ3v) is 3.72. The first kappa shape index (κ1) is 18.1. The summed E-state index contributed by atoms with van der Waals surface area (Å²) in [6.07, 6.45) is 15.0. The molecular weight excluding hydrogens is 232 g/mol. The van der Waals surface area contributed by atoms with E-state index in [1.165, 1.54) is 31.3 Å². The molecule has 0 heterocycles. The highest BCUT2D eigenvalue weighted by Crippen LogP contribution is 2.17. The first-order valence-corrected chi connectivity index (χ1v) is 7.82. The molecule has 0 saturated carbocycles. The van der Waals surface area contributed by atoms with E-state index < -0.39 is 0 Å². The van der Waals surface area contributed by atoms with Crippen LogP contribution in [0, 0.1) is 11.8 Å². The second-order valence-electron chi connectivity index (χ2n) is 5.96. The quantitative estimate of drug-likeness (QED) is 0.251. The number of allylic oxidation sites excluding steroid dienone is 3. The molecule has 0 radical (unpaired) electrons. The van der Waals surface area contributed by atoms with Gasteiger partial charge in [0.25, 0.3) is 0 Å². The van der Waals surface area contributed by atoms with E-state index in [0.717, 1.165) is 37.9 Å². The minimum absolute atomic E-state index is 0.220. The van der Waals surface area contributed by atoms with Gasteiger partial charge in [-0.15, -0.1) is 6.58 Å². The number of hydrogen-bond donors (Lipinski definition) is 0. The summed E-state index contributed by atoms with van der Waals surface area (Å²) in [5.74, 6) is 1.04. The van der Waals surface area contributed by atoms with Crippen molar-refractivity contribution in [3.05, 3.63) is 24.3 Å². The van der Waals surface area contributed by atoms with Crippen LogP contribution < -0.4 is 0 Å². The first-order valence-electron chi connectivity index (χ1n) is 7.82. The zero-order valence-corrected chi connectivity index (χ0v) is 13.2. The molecule has 110 valence electrons. The number of unbranched alkanes of at least 4 members (excludes halogenated alkanes) is 1. The Balaban J connectivity index is 3.62. The molecule has 0 saturated heterocycles. The third-order valence-electron chi connectivity index (χ3n) is 3.72. The lowest BCUT2D eigenvalue weighted by atomic mass is 9.97. The van der Waals surface area contributed by atoms with Gasteiger partial charge in [0.2, 0.25) is 0 Å². The third kappa shape index (κ3) is 11.9. The average Bonchev–Trinajstić information content (AvgIpc) is 2.38. The maximum Gasteiger partial charge on any atom is 0.122 e. The summed E-state index contributed by atoms with van der Waals surface area (Å²) in [5, 5.41) is 0. The van der Waals surface area contributed by atoms with Crippen LogP contribution >= 0.6 is 0 Å². The number of carbonyl (C=O) groups excluding carboxylic acids is 1. The minimum atomic E-state index is 0.220. The predicted octanol–water partition coefficient (Wildman–Crippen LogP) is 5.71. The van der Waals surface area contributed by atoms with Crippen molar-refractivity contribution in [2.45, 2.75) is 72.1 Å². The molecule has 0 fully saturated rings. The lowest BCUT2D eigenvalue weighted by molar-refractivity contribution is -0.110. The summed E-state index contributed by atoms with van der Waals surface area (Å²) in [6, 6.07) is 0. The van der Waals surface area contributed by atoms with Crippen LogP contribution in [0.1, 0.15) is 72.1 Å². The van der Waals surface area contributed by atoms with Crippen molar-refractivity contribution in [1.29, 1.82) is 0 Å². The van der Waals surface area contributed by atoms with Crippen molar-refractivity contribution in [2.75, 3.05) is 0 Å². The molecule has 0 aliphatic heterocycles. The van der Waals surface area contributed by atoms with E-state index in [1.54, 1.807) is 0 Å². The summed E-state index contributed by atoms with van der Waals surface area (Å²) in [7, 11) is 0. The second-order valence-corrected chi connectivity index (χ2v) is 5.96. The highest BCUT2D eigenvalue weighted by molar-refractivity contribution is 5.52. The zero-order chi connectivity index (χ0) is 14.5. The van der Waals surface area contributed by atoms with E-state index in [2.05, 4.69) is 26.5 Å². The van der Waals surface area contributed by atoms with Crippen molar-refractivity contribution in [1.82, 2.24) is 0 Å². The molecule has 1 nitrogen and oxygen atoms in total. The molecule has 2 atom stereocenters. The van der Waals surface area contributed by atoms with Crippen LogP contribution in [0.15, 0.2) is 24.3 Å². The van der Waals surface area contributed by atoms with Crippen LogP contribution in [0.2, 0.25) is 0 Å². The largest absolute Gasteiger partial charge is 0.303 e. The summed E-state index contributed by atoms with van der Waals surface area (Å²) in [6.45, 7) is 10.3. The van der Waals surface area contributed by atoms with Gasteiger partial charge in [-0.05, 0) is 57.8 Å². The van der Waals surface area contributed by atoms with E-state index in [4.69, 9.17) is 0 Å². The van der Waals surface area contributed by atoms with Crippen LogP contribution in [0.5, 0.6) is 0 Å². The van der Waals surface area contributed by atoms with Gasteiger partial charge in [0, 0.05) is 5.92 Å². The Bertz CT molecular complexity index is 265. The highest BCUT2D eigenvalue weighted by atomic mass is 16.1. The molecule has 0 aromatic carbocycles. The predicted molar refractivity (Wildman–Crippen MR) is 85.3 cm³/mol. The molecule has 0 aromatic heterocycles. The van der Waals surface area contributed by atoms with E-state index in [9.17, 15) is 4.79 Å². The van der Waals surface area contributed by atoms with Gasteiger partial charge in [-0.2, -0.15) is 0 Å². The van der Waals surface area contributed by atoms with Crippen molar-refractivity contribution in [3.63, 3.8) is 0 Å². The SMILES string of the molecule is C=CCCCC(C)CC/C=C(\C)CCCC(C)C=O. The first-order chi connectivity index (χ1) is 9.10. The summed E-state index contributed by atoms with van der Waals surface area (Å²) in [4.78, 5) is 10.5. The van der Waals surface area contributed by atoms with Gasteiger partial charge in [-0.1, -0.05) is 38.0 Å². The Hall–Kier alpha value is -0.850. The molecule has 0 aromatic rings. The summed E-state index contributed by atoms with van der Waals surface area (Å²) in [5.41, 5.74) is 1.48. The number of rotatable bonds is 12. The van der Waals surface area contributed by atoms with E-state index in [-0.39, 0.29) is 5.92 Å². The Kier molecular flexibility index (Phi) is 11.7. The lowest BCUT2D eigenvalue weighted by Crippen LogP contribution is -1.95. The second kappa shape index (κ2) is 12.2. The van der Waals surface area contributed by atoms with Crippen molar-refractivity contribution in [2.24, 2.45) is 11.8 Å². The smallest absolute Gasteiger partial charge is 0.122 e. The zero-order valence-electron chi connectivity index (χ0n) is 13.2. The molecule has 0 aliphatic carbocycles. The van der Waals surface area contributed by atoms with Gasteiger partial charge in [-0.3, -0.25) is 0 Å². The molecule has 0 spiro atoms. The van der Waals surface area contributed by atoms with Gasteiger partial charge in [-0.25, -0.2) is 0 Å². The van der Waals surface area contributed by atoms with Gasteiger partial charge >= 0.3 is 0 Å². The van der Waals surface area contributed by atoms with Gasteiger partial charge < -0.3 is 4.79 Å². The highest BCUT2D eigenvalue weighted by Gasteiger charge is 2.01. The van der Waals surface area contributed by atoms with Gasteiger partial charge in [0.1, 0.15) is 6.29 Å². The summed E-state index contributed by atoms with van der Waals surface area (Å²) >= 11 is 0. The monoisotopic (exact) mass is 264 g/mol. The molecule has 1 heteroatoms. The lowest BCUT2D eigenvalue weighted by Gasteiger charge is -2.09. The van der Waals surface area contributed by atoms with Crippen molar-refractivity contribution in [3.8, 4) is 0 Å². The van der Waals surface area contributed by atoms with Crippen LogP contribution in [0.4, 0.5) is 0 Å². The molecule has 0 amide bonds. The number of aldehydes is 1. The number of carbonyl (C=O) groups is 1. The van der Waals surface area contributed by atoms with E-state index >= 15 is 0 Å². The molecule has 0 N–H and O–H groups in total. The fourth-order valence-corrected chi connectivity index (χ4v) is 2.24. The number of hydrogen-bond acceptors (Lipinski definition) is 1. The average molecular weight is 264 g/mol. The fraction of sp³-hybridized carbons (Fsp3) is 0.722. The Morgan fingerprint density at radius 2 is 1.84 bits per heavy atom. The molecule has 19 heavy (non-hydrogen) atoms. The van der Waals surface area contributed by atoms with Gasteiger partial charge in [0.05, 0.1) is 0 Å². The van der Waals surface area contributed by atoms with Gasteiger partial charge in [0.15, 0.2) is 0 Å². The van der Waals surface area contributed by atoms with E-state index in [0.29, 0.717) is 0 Å². The standard InChI is InChI=1S/C18H32O/c1-5-6-7-10-16(2)11-8-12-17(3)13-9-14-18(4)15-19/h5,12,15-16,18H,1,6-11,13-14H2,2-4H3/b17-12+. The Morgan fingerprint density at radius 1 is 1.11 bits per heavy atom. The molecule has 0 aliphatic rings. The maximum atomic E-state index is 10.5. The Morgan fingerprint density at radius 3 is 2.47 bits per heavy atom. The topological polar surface area (TPSA) is 17.1 Å². The van der Waals surface area contributed by atoms with Crippen LogP contribution in [-0.2, 0) is 4.79 Å².